The number of hydrogen-bond donors (Lipinski definition) is 2. The van der Waals surface area contributed by atoms with Gasteiger partial charge in [0.1, 0.15) is 0 Å². The van der Waals surface area contributed by atoms with E-state index in [4.69, 9.17) is 10.6 Å². The van der Waals surface area contributed by atoms with Gasteiger partial charge >= 0.3 is 0 Å². The van der Waals surface area contributed by atoms with Crippen LogP contribution in [0.2, 0.25) is 0 Å². The molecule has 5 nitrogen and oxygen atoms in total. The molecule has 104 valence electrons. The van der Waals surface area contributed by atoms with Crippen molar-refractivity contribution < 1.29 is 4.84 Å². The number of nitrogens with one attached hydrogen (secondary N) is 1. The van der Waals surface area contributed by atoms with Crippen molar-refractivity contribution in [2.75, 3.05) is 5.73 Å². The van der Waals surface area contributed by atoms with E-state index in [1.165, 1.54) is 0 Å². The molecular formula is C14H22N4O. The number of para-hydroxylation sites is 2. The van der Waals surface area contributed by atoms with Crippen molar-refractivity contribution in [3.05, 3.63) is 24.3 Å². The summed E-state index contributed by atoms with van der Waals surface area (Å²) in [7, 11) is 0. The highest BCUT2D eigenvalue weighted by atomic mass is 16.7. The van der Waals surface area contributed by atoms with Crippen LogP contribution < -0.4 is 11.2 Å². The van der Waals surface area contributed by atoms with Crippen LogP contribution >= 0.6 is 0 Å². The molecule has 1 aromatic carbocycles. The maximum Gasteiger partial charge on any atom is 0.201 e. The monoisotopic (exact) mass is 262 g/mol. The number of nitrogens with zero attached hydrogens (tertiary/aromatic N) is 2. The number of hydroxylamine groups is 1. The molecule has 2 aromatic rings. The predicted octanol–water partition coefficient (Wildman–Crippen LogP) is 2.33. The minimum Gasteiger partial charge on any atom is -0.369 e. The van der Waals surface area contributed by atoms with Crippen molar-refractivity contribution >= 4 is 17.0 Å². The van der Waals surface area contributed by atoms with Gasteiger partial charge in [0.15, 0.2) is 0 Å². The molecule has 0 fully saturated rings. The molecule has 1 atom stereocenters. The highest BCUT2D eigenvalue weighted by molar-refractivity contribution is 5.78. The fraction of sp³-hybridized carbons (Fsp3) is 0.500. The van der Waals surface area contributed by atoms with Crippen molar-refractivity contribution in [2.45, 2.75) is 45.9 Å². The van der Waals surface area contributed by atoms with Gasteiger partial charge in [-0.15, -0.1) is 0 Å². The molecule has 0 saturated carbocycles. The lowest BCUT2D eigenvalue weighted by atomic mass is 10.2. The number of rotatable bonds is 4. The van der Waals surface area contributed by atoms with E-state index in [0.717, 1.165) is 11.0 Å². The Morgan fingerprint density at radius 2 is 2.05 bits per heavy atom. The average molecular weight is 262 g/mol. The molecule has 1 aromatic heterocycles. The van der Waals surface area contributed by atoms with E-state index >= 15 is 0 Å². The van der Waals surface area contributed by atoms with Crippen LogP contribution in [0.25, 0.3) is 11.0 Å². The maximum absolute atomic E-state index is 5.97. The van der Waals surface area contributed by atoms with Crippen LogP contribution in [0.1, 0.15) is 27.7 Å². The fourth-order valence-corrected chi connectivity index (χ4v) is 1.87. The lowest BCUT2D eigenvalue weighted by molar-refractivity contribution is -0.0875. The van der Waals surface area contributed by atoms with E-state index in [-0.39, 0.29) is 11.6 Å². The molecule has 0 aliphatic carbocycles. The molecule has 5 heteroatoms. The second-order valence-electron chi connectivity index (χ2n) is 5.80. The Morgan fingerprint density at radius 3 is 2.74 bits per heavy atom. The van der Waals surface area contributed by atoms with Gasteiger partial charge in [-0.2, -0.15) is 5.48 Å². The molecule has 0 spiro atoms. The van der Waals surface area contributed by atoms with Gasteiger partial charge in [0.2, 0.25) is 5.95 Å². The average Bonchev–Trinajstić information content (AvgIpc) is 2.63. The van der Waals surface area contributed by atoms with Crippen LogP contribution in [0.3, 0.4) is 0 Å². The van der Waals surface area contributed by atoms with Crippen LogP contribution in [0.15, 0.2) is 24.3 Å². The Balaban J connectivity index is 2.10. The maximum atomic E-state index is 5.97. The van der Waals surface area contributed by atoms with Crippen LogP contribution in [0, 0.1) is 0 Å². The Morgan fingerprint density at radius 1 is 1.37 bits per heavy atom. The van der Waals surface area contributed by atoms with Crippen molar-refractivity contribution in [2.24, 2.45) is 0 Å². The molecular weight excluding hydrogens is 240 g/mol. The first-order chi connectivity index (χ1) is 8.87. The van der Waals surface area contributed by atoms with E-state index in [2.05, 4.69) is 17.4 Å². The molecule has 0 saturated heterocycles. The summed E-state index contributed by atoms with van der Waals surface area (Å²) in [5.41, 5.74) is 10.8. The molecule has 3 N–H and O–H groups in total. The molecule has 19 heavy (non-hydrogen) atoms. The number of nitrogen functional groups attached to an aromatic ring is 1. The second-order valence-corrected chi connectivity index (χ2v) is 5.80. The highest BCUT2D eigenvalue weighted by Gasteiger charge is 2.15. The summed E-state index contributed by atoms with van der Waals surface area (Å²) in [6, 6.07) is 8.08. The van der Waals surface area contributed by atoms with Crippen LogP contribution in [-0.2, 0) is 11.4 Å². The third-order valence-corrected chi connectivity index (χ3v) is 2.71. The number of aromatic nitrogens is 2. The van der Waals surface area contributed by atoms with Gasteiger partial charge < -0.3 is 10.3 Å². The summed E-state index contributed by atoms with van der Waals surface area (Å²) < 4.78 is 2.00. The van der Waals surface area contributed by atoms with Gasteiger partial charge in [-0.25, -0.2) is 4.98 Å². The molecule has 0 bridgehead atoms. The van der Waals surface area contributed by atoms with E-state index in [0.29, 0.717) is 12.5 Å². The molecule has 2 rings (SSSR count). The summed E-state index contributed by atoms with van der Waals surface area (Å²) >= 11 is 0. The van der Waals surface area contributed by atoms with Gasteiger partial charge in [-0.1, -0.05) is 12.1 Å². The number of hydrogen-bond acceptors (Lipinski definition) is 4. The van der Waals surface area contributed by atoms with E-state index in [1.807, 2.05) is 49.6 Å². The summed E-state index contributed by atoms with van der Waals surface area (Å²) in [6.07, 6.45) is 0. The first-order valence-electron chi connectivity index (χ1n) is 6.51. The largest absolute Gasteiger partial charge is 0.369 e. The quantitative estimate of drug-likeness (QED) is 0.830. The Kier molecular flexibility index (Phi) is 3.78. The van der Waals surface area contributed by atoms with Gasteiger partial charge in [-0.05, 0) is 39.8 Å². The van der Waals surface area contributed by atoms with Gasteiger partial charge in [0, 0.05) is 12.6 Å². The topological polar surface area (TPSA) is 65.1 Å². The van der Waals surface area contributed by atoms with Crippen LogP contribution in [0.4, 0.5) is 5.95 Å². The molecule has 0 aliphatic rings. The standard InChI is InChI=1S/C14H22N4O/c1-10(17-19-14(2,3)4)9-18-12-8-6-5-7-11(12)16-13(18)15/h5-8,10,17H,9H2,1-4H3,(H2,15,16). The van der Waals surface area contributed by atoms with E-state index < -0.39 is 0 Å². The summed E-state index contributed by atoms with van der Waals surface area (Å²) in [6.45, 7) is 8.79. The lowest BCUT2D eigenvalue weighted by Gasteiger charge is -2.23. The zero-order valence-corrected chi connectivity index (χ0v) is 12.0. The second kappa shape index (κ2) is 5.19. The predicted molar refractivity (Wildman–Crippen MR) is 77.6 cm³/mol. The third kappa shape index (κ3) is 3.45. The van der Waals surface area contributed by atoms with E-state index in [9.17, 15) is 0 Å². The zero-order valence-electron chi connectivity index (χ0n) is 12.0. The Hall–Kier alpha value is -1.59. The molecule has 0 amide bonds. The van der Waals surface area contributed by atoms with Crippen LogP contribution in [-0.4, -0.2) is 21.2 Å². The van der Waals surface area contributed by atoms with Gasteiger partial charge in [0.05, 0.1) is 16.6 Å². The van der Waals surface area contributed by atoms with Gasteiger partial charge in [0.25, 0.3) is 0 Å². The molecule has 0 radical (unpaired) electrons. The number of fused-ring (bicyclic) bond motifs is 1. The summed E-state index contributed by atoms with van der Waals surface area (Å²) in [4.78, 5) is 9.91. The molecule has 1 unspecified atom stereocenters. The number of benzene rings is 1. The SMILES string of the molecule is CC(Cn1c(N)nc2ccccc21)NOC(C)(C)C. The summed E-state index contributed by atoms with van der Waals surface area (Å²) in [5, 5.41) is 0. The van der Waals surface area contributed by atoms with Gasteiger partial charge in [-0.3, -0.25) is 4.84 Å². The first-order valence-corrected chi connectivity index (χ1v) is 6.51. The molecule has 0 aliphatic heterocycles. The molecule has 1 heterocycles. The smallest absolute Gasteiger partial charge is 0.201 e. The Labute approximate surface area is 113 Å². The fourth-order valence-electron chi connectivity index (χ4n) is 1.87. The summed E-state index contributed by atoms with van der Waals surface area (Å²) in [5.74, 6) is 0.533. The number of anilines is 1. The van der Waals surface area contributed by atoms with Crippen molar-refractivity contribution in [3.63, 3.8) is 0 Å². The van der Waals surface area contributed by atoms with Crippen molar-refractivity contribution in [1.82, 2.24) is 15.0 Å². The highest BCUT2D eigenvalue weighted by Crippen LogP contribution is 2.17. The third-order valence-electron chi connectivity index (χ3n) is 2.71. The minimum atomic E-state index is -0.211. The normalized spacial score (nSPS) is 13.9. The van der Waals surface area contributed by atoms with Crippen LogP contribution in [0.5, 0.6) is 0 Å². The van der Waals surface area contributed by atoms with Crippen molar-refractivity contribution in [1.29, 1.82) is 0 Å². The van der Waals surface area contributed by atoms with Crippen molar-refractivity contribution in [3.8, 4) is 0 Å². The number of nitrogens with two attached hydrogens (primary N) is 1. The number of imidazole rings is 1. The minimum absolute atomic E-state index is 0.138. The van der Waals surface area contributed by atoms with E-state index in [1.54, 1.807) is 0 Å². The Bertz CT molecular complexity index is 556. The zero-order chi connectivity index (χ0) is 14.0. The lowest BCUT2D eigenvalue weighted by Crippen LogP contribution is -2.37. The first kappa shape index (κ1) is 13.8.